The zero-order valence-corrected chi connectivity index (χ0v) is 10.0. The molecule has 1 rings (SSSR count). The molecule has 0 radical (unpaired) electrons. The summed E-state index contributed by atoms with van der Waals surface area (Å²) >= 11 is 0. The lowest BCUT2D eigenvalue weighted by Crippen LogP contribution is -2.48. The Morgan fingerprint density at radius 1 is 1.27 bits per heavy atom. The van der Waals surface area contributed by atoms with Gasteiger partial charge in [0, 0.05) is 32.7 Å². The number of nitrogens with zero attached hydrogens (tertiary/aromatic N) is 2. The minimum atomic E-state index is -0.104. The van der Waals surface area contributed by atoms with Gasteiger partial charge in [-0.15, -0.1) is 0 Å². The molecule has 1 saturated heterocycles. The van der Waals surface area contributed by atoms with Crippen molar-refractivity contribution in [2.24, 2.45) is 5.92 Å². The molecular formula is C11H22N2O2. The maximum absolute atomic E-state index is 11.2. The van der Waals surface area contributed by atoms with Crippen LogP contribution in [0.25, 0.3) is 0 Å². The zero-order valence-electron chi connectivity index (χ0n) is 10.0. The Bertz CT molecular complexity index is 201. The summed E-state index contributed by atoms with van der Waals surface area (Å²) in [5, 5.41) is 0. The van der Waals surface area contributed by atoms with Gasteiger partial charge in [0.25, 0.3) is 0 Å². The van der Waals surface area contributed by atoms with Crippen molar-refractivity contribution in [3.05, 3.63) is 0 Å². The van der Waals surface area contributed by atoms with Gasteiger partial charge in [-0.2, -0.15) is 0 Å². The van der Waals surface area contributed by atoms with Gasteiger partial charge in [0.15, 0.2) is 0 Å². The van der Waals surface area contributed by atoms with E-state index in [1.807, 2.05) is 6.92 Å². The van der Waals surface area contributed by atoms with E-state index in [1.165, 1.54) is 7.11 Å². The number of rotatable bonds is 4. The maximum atomic E-state index is 11.2. The summed E-state index contributed by atoms with van der Waals surface area (Å²) in [4.78, 5) is 16.0. The molecule has 0 saturated carbocycles. The second-order valence-electron chi connectivity index (χ2n) is 4.16. The first kappa shape index (κ1) is 12.5. The van der Waals surface area contributed by atoms with Crippen LogP contribution in [0.2, 0.25) is 0 Å². The highest BCUT2D eigenvalue weighted by Gasteiger charge is 2.20. The fourth-order valence-electron chi connectivity index (χ4n) is 1.95. The molecule has 1 aliphatic rings. The normalized spacial score (nSPS) is 21.3. The number of carbonyl (C=O) groups excluding carboxylic acids is 1. The van der Waals surface area contributed by atoms with Crippen LogP contribution >= 0.6 is 0 Å². The minimum Gasteiger partial charge on any atom is -0.469 e. The van der Waals surface area contributed by atoms with E-state index in [4.69, 9.17) is 4.74 Å². The Balaban J connectivity index is 2.26. The van der Waals surface area contributed by atoms with Gasteiger partial charge in [-0.25, -0.2) is 0 Å². The van der Waals surface area contributed by atoms with Gasteiger partial charge in [-0.3, -0.25) is 9.69 Å². The fourth-order valence-corrected chi connectivity index (χ4v) is 1.95. The van der Waals surface area contributed by atoms with Crippen LogP contribution in [0.1, 0.15) is 13.8 Å². The number of ether oxygens (including phenoxy) is 1. The molecule has 0 aromatic heterocycles. The number of piperazine rings is 1. The maximum Gasteiger partial charge on any atom is 0.309 e. The van der Waals surface area contributed by atoms with Gasteiger partial charge in [-0.1, -0.05) is 13.8 Å². The van der Waals surface area contributed by atoms with Crippen LogP contribution in [0.5, 0.6) is 0 Å². The van der Waals surface area contributed by atoms with E-state index in [2.05, 4.69) is 16.7 Å². The highest BCUT2D eigenvalue weighted by Crippen LogP contribution is 2.06. The first-order valence-electron chi connectivity index (χ1n) is 5.70. The molecule has 88 valence electrons. The van der Waals surface area contributed by atoms with Gasteiger partial charge in [0.1, 0.15) is 0 Å². The number of carbonyl (C=O) groups is 1. The van der Waals surface area contributed by atoms with E-state index in [9.17, 15) is 4.79 Å². The van der Waals surface area contributed by atoms with Crippen LogP contribution in [0.4, 0.5) is 0 Å². The van der Waals surface area contributed by atoms with Crippen molar-refractivity contribution in [3.63, 3.8) is 0 Å². The summed E-state index contributed by atoms with van der Waals surface area (Å²) in [6.07, 6.45) is 0. The summed E-state index contributed by atoms with van der Waals surface area (Å²) in [5.74, 6) is -0.115. The average Bonchev–Trinajstić information content (AvgIpc) is 2.29. The largest absolute Gasteiger partial charge is 0.469 e. The van der Waals surface area contributed by atoms with Crippen molar-refractivity contribution in [3.8, 4) is 0 Å². The molecule has 0 aromatic carbocycles. The van der Waals surface area contributed by atoms with Crippen molar-refractivity contribution in [1.29, 1.82) is 0 Å². The molecule has 1 heterocycles. The van der Waals surface area contributed by atoms with E-state index in [-0.39, 0.29) is 11.9 Å². The molecule has 1 fully saturated rings. The number of hydrogen-bond donors (Lipinski definition) is 0. The first-order valence-corrected chi connectivity index (χ1v) is 5.70. The van der Waals surface area contributed by atoms with Crippen LogP contribution < -0.4 is 0 Å². The third-order valence-electron chi connectivity index (χ3n) is 3.05. The van der Waals surface area contributed by atoms with E-state index >= 15 is 0 Å². The molecule has 1 atom stereocenters. The molecule has 1 aliphatic heterocycles. The van der Waals surface area contributed by atoms with Gasteiger partial charge in [0.05, 0.1) is 13.0 Å². The van der Waals surface area contributed by atoms with Crippen LogP contribution in [0.15, 0.2) is 0 Å². The Labute approximate surface area is 92.2 Å². The SMILES string of the molecule is CCN1CCN(CC(C)C(=O)OC)CC1. The summed E-state index contributed by atoms with van der Waals surface area (Å²) in [5.41, 5.74) is 0. The summed E-state index contributed by atoms with van der Waals surface area (Å²) in [6.45, 7) is 10.4. The number of esters is 1. The monoisotopic (exact) mass is 214 g/mol. The molecule has 1 unspecified atom stereocenters. The molecule has 4 nitrogen and oxygen atoms in total. The van der Waals surface area contributed by atoms with E-state index in [0.29, 0.717) is 0 Å². The lowest BCUT2D eigenvalue weighted by atomic mass is 10.1. The van der Waals surface area contributed by atoms with E-state index < -0.39 is 0 Å². The quantitative estimate of drug-likeness (QED) is 0.636. The lowest BCUT2D eigenvalue weighted by Gasteiger charge is -2.34. The standard InChI is InChI=1S/C11H22N2O2/c1-4-12-5-7-13(8-6-12)9-10(2)11(14)15-3/h10H,4-9H2,1-3H3. The Kier molecular flexibility index (Phi) is 5.05. The summed E-state index contributed by atoms with van der Waals surface area (Å²) in [6, 6.07) is 0. The summed E-state index contributed by atoms with van der Waals surface area (Å²) in [7, 11) is 1.45. The van der Waals surface area contributed by atoms with Crippen LogP contribution in [0.3, 0.4) is 0 Å². The first-order chi connectivity index (χ1) is 7.17. The molecule has 0 spiro atoms. The topological polar surface area (TPSA) is 32.8 Å². The van der Waals surface area contributed by atoms with E-state index in [0.717, 1.165) is 39.3 Å². The van der Waals surface area contributed by atoms with Crippen molar-refractivity contribution in [2.45, 2.75) is 13.8 Å². The molecule has 0 amide bonds. The van der Waals surface area contributed by atoms with Crippen LogP contribution in [-0.4, -0.2) is 62.1 Å². The Morgan fingerprint density at radius 3 is 2.27 bits per heavy atom. The van der Waals surface area contributed by atoms with Crippen molar-refractivity contribution in [1.82, 2.24) is 9.80 Å². The molecule has 4 heteroatoms. The third kappa shape index (κ3) is 3.80. The summed E-state index contributed by atoms with van der Waals surface area (Å²) < 4.78 is 4.72. The van der Waals surface area contributed by atoms with Crippen molar-refractivity contribution in [2.75, 3.05) is 46.4 Å². The lowest BCUT2D eigenvalue weighted by molar-refractivity contribution is -0.145. The number of methoxy groups -OCH3 is 1. The van der Waals surface area contributed by atoms with Gasteiger partial charge in [-0.05, 0) is 6.54 Å². The molecule has 15 heavy (non-hydrogen) atoms. The number of likely N-dealkylation sites (N-methyl/N-ethyl adjacent to an activating group) is 1. The highest BCUT2D eigenvalue weighted by molar-refractivity contribution is 5.72. The molecular weight excluding hydrogens is 192 g/mol. The van der Waals surface area contributed by atoms with E-state index in [1.54, 1.807) is 0 Å². The van der Waals surface area contributed by atoms with Crippen molar-refractivity contribution < 1.29 is 9.53 Å². The van der Waals surface area contributed by atoms with Gasteiger partial charge < -0.3 is 9.64 Å². The second kappa shape index (κ2) is 6.08. The molecule has 0 N–H and O–H groups in total. The highest BCUT2D eigenvalue weighted by atomic mass is 16.5. The van der Waals surface area contributed by atoms with Gasteiger partial charge >= 0.3 is 5.97 Å². The minimum absolute atomic E-state index is 0.0109. The predicted molar refractivity (Wildman–Crippen MR) is 59.7 cm³/mol. The zero-order chi connectivity index (χ0) is 11.3. The van der Waals surface area contributed by atoms with Crippen LogP contribution in [-0.2, 0) is 9.53 Å². The van der Waals surface area contributed by atoms with Crippen LogP contribution in [0, 0.1) is 5.92 Å². The smallest absolute Gasteiger partial charge is 0.309 e. The average molecular weight is 214 g/mol. The third-order valence-corrected chi connectivity index (χ3v) is 3.05. The fraction of sp³-hybridized carbons (Fsp3) is 0.909. The van der Waals surface area contributed by atoms with Gasteiger partial charge in [0.2, 0.25) is 0 Å². The predicted octanol–water partition coefficient (Wildman–Crippen LogP) is 0.433. The van der Waals surface area contributed by atoms with Crippen molar-refractivity contribution >= 4 is 5.97 Å². The molecule has 0 aromatic rings. The Morgan fingerprint density at radius 2 is 1.80 bits per heavy atom. The Hall–Kier alpha value is -0.610. The molecule has 0 bridgehead atoms. The number of hydrogen-bond acceptors (Lipinski definition) is 4. The second-order valence-corrected chi connectivity index (χ2v) is 4.16. The molecule has 0 aliphatic carbocycles.